The van der Waals surface area contributed by atoms with Crippen LogP contribution in [0, 0.1) is 12.8 Å². The van der Waals surface area contributed by atoms with Gasteiger partial charge in [0.25, 0.3) is 0 Å². The maximum Gasteiger partial charge on any atom is 0.234 e. The molecule has 104 valence electrons. The third-order valence-corrected chi connectivity index (χ3v) is 4.80. The molecule has 4 heteroatoms. The molecule has 0 bridgehead atoms. The first kappa shape index (κ1) is 14.3. The van der Waals surface area contributed by atoms with Crippen LogP contribution < -0.4 is 11.1 Å². The van der Waals surface area contributed by atoms with Gasteiger partial charge in [0, 0.05) is 0 Å². The molecule has 0 radical (unpaired) electrons. The summed E-state index contributed by atoms with van der Waals surface area (Å²) in [6.07, 6.45) is 5.38. The minimum atomic E-state index is 0.0454. The van der Waals surface area contributed by atoms with Crippen LogP contribution in [-0.2, 0) is 4.79 Å². The molecule has 1 saturated carbocycles. The molecular weight excluding hydrogens is 256 g/mol. The summed E-state index contributed by atoms with van der Waals surface area (Å²) in [5.41, 5.74) is 8.28. The van der Waals surface area contributed by atoms with Crippen LogP contribution in [0.5, 0.6) is 0 Å². The lowest BCUT2D eigenvalue weighted by atomic mass is 10.1. The molecule has 3 N–H and O–H groups in total. The van der Waals surface area contributed by atoms with Gasteiger partial charge in [-0.05, 0) is 43.1 Å². The van der Waals surface area contributed by atoms with Crippen molar-refractivity contribution in [2.45, 2.75) is 32.6 Å². The number of para-hydroxylation sites is 1. The number of thioether (sulfide) groups is 1. The van der Waals surface area contributed by atoms with Gasteiger partial charge in [0.05, 0.1) is 17.1 Å². The highest BCUT2D eigenvalue weighted by molar-refractivity contribution is 7.99. The van der Waals surface area contributed by atoms with E-state index in [4.69, 9.17) is 5.73 Å². The average Bonchev–Trinajstić information content (AvgIpc) is 2.87. The molecular formula is C15H22N2OS. The van der Waals surface area contributed by atoms with Crippen LogP contribution in [0.1, 0.15) is 31.2 Å². The van der Waals surface area contributed by atoms with Gasteiger partial charge in [-0.1, -0.05) is 25.0 Å². The van der Waals surface area contributed by atoms with Gasteiger partial charge in [0.1, 0.15) is 0 Å². The molecule has 0 aromatic heterocycles. The molecule has 3 nitrogen and oxygen atoms in total. The SMILES string of the molecule is Cc1cccc(N)c1NC(=O)CSCC1CCCC1. The molecule has 0 atom stereocenters. The Morgan fingerprint density at radius 1 is 1.42 bits per heavy atom. The van der Waals surface area contributed by atoms with Crippen LogP contribution in [0.4, 0.5) is 11.4 Å². The van der Waals surface area contributed by atoms with Gasteiger partial charge in [-0.25, -0.2) is 0 Å². The normalized spacial score (nSPS) is 15.6. The minimum absolute atomic E-state index is 0.0454. The first-order chi connectivity index (χ1) is 9.16. The highest BCUT2D eigenvalue weighted by Crippen LogP contribution is 2.28. The zero-order valence-electron chi connectivity index (χ0n) is 11.4. The topological polar surface area (TPSA) is 55.1 Å². The maximum atomic E-state index is 11.9. The van der Waals surface area contributed by atoms with Crippen molar-refractivity contribution < 1.29 is 4.79 Å². The lowest BCUT2D eigenvalue weighted by Crippen LogP contribution is -2.17. The van der Waals surface area contributed by atoms with Crippen LogP contribution >= 0.6 is 11.8 Å². The highest BCUT2D eigenvalue weighted by atomic mass is 32.2. The van der Waals surface area contributed by atoms with Crippen LogP contribution in [0.25, 0.3) is 0 Å². The van der Waals surface area contributed by atoms with E-state index in [-0.39, 0.29) is 5.91 Å². The molecule has 1 fully saturated rings. The molecule has 0 unspecified atom stereocenters. The number of nitrogen functional groups attached to an aromatic ring is 1. The Morgan fingerprint density at radius 3 is 2.84 bits per heavy atom. The molecule has 1 aromatic rings. The van der Waals surface area contributed by atoms with Gasteiger partial charge in [-0.2, -0.15) is 11.8 Å². The number of rotatable bonds is 5. The molecule has 1 aromatic carbocycles. The summed E-state index contributed by atoms with van der Waals surface area (Å²) in [5.74, 6) is 2.49. The number of nitrogens with one attached hydrogen (secondary N) is 1. The summed E-state index contributed by atoms with van der Waals surface area (Å²) in [6, 6.07) is 5.67. The van der Waals surface area contributed by atoms with Crippen molar-refractivity contribution in [1.82, 2.24) is 0 Å². The molecule has 1 aliphatic rings. The number of carbonyl (C=O) groups is 1. The van der Waals surface area contributed by atoms with Crippen molar-refractivity contribution in [3.05, 3.63) is 23.8 Å². The predicted molar refractivity (Wildman–Crippen MR) is 83.5 cm³/mol. The fraction of sp³-hybridized carbons (Fsp3) is 0.533. The molecule has 0 heterocycles. The number of benzene rings is 1. The van der Waals surface area contributed by atoms with Crippen molar-refractivity contribution in [3.63, 3.8) is 0 Å². The Labute approximate surface area is 119 Å². The molecule has 2 rings (SSSR count). The van der Waals surface area contributed by atoms with Gasteiger partial charge in [0.2, 0.25) is 5.91 Å². The van der Waals surface area contributed by atoms with Gasteiger partial charge in [-0.3, -0.25) is 4.79 Å². The lowest BCUT2D eigenvalue weighted by molar-refractivity contribution is -0.113. The van der Waals surface area contributed by atoms with Crippen LogP contribution in [0.3, 0.4) is 0 Å². The Balaban J connectivity index is 1.77. The van der Waals surface area contributed by atoms with E-state index < -0.39 is 0 Å². The maximum absolute atomic E-state index is 11.9. The second-order valence-electron chi connectivity index (χ2n) is 5.25. The number of nitrogens with two attached hydrogens (primary N) is 1. The summed E-state index contributed by atoms with van der Waals surface area (Å²) in [6.45, 7) is 1.96. The first-order valence-electron chi connectivity index (χ1n) is 6.89. The van der Waals surface area contributed by atoms with Crippen molar-refractivity contribution >= 4 is 29.0 Å². The van der Waals surface area contributed by atoms with Crippen molar-refractivity contribution in [2.24, 2.45) is 5.92 Å². The first-order valence-corrected chi connectivity index (χ1v) is 8.05. The molecule has 1 amide bonds. The van der Waals surface area contributed by atoms with Gasteiger partial charge in [-0.15, -0.1) is 0 Å². The average molecular weight is 278 g/mol. The number of anilines is 2. The summed E-state index contributed by atoms with van der Waals surface area (Å²) >= 11 is 1.74. The fourth-order valence-corrected chi connectivity index (χ4v) is 3.57. The van der Waals surface area contributed by atoms with Crippen LogP contribution in [0.2, 0.25) is 0 Å². The van der Waals surface area contributed by atoms with Gasteiger partial charge >= 0.3 is 0 Å². The standard InChI is InChI=1S/C15H22N2OS/c1-11-5-4-8-13(16)15(11)17-14(18)10-19-9-12-6-2-3-7-12/h4-5,8,12H,2-3,6-7,9-10,16H2,1H3,(H,17,18). The number of amides is 1. The molecule has 0 saturated heterocycles. The van der Waals surface area contributed by atoms with E-state index in [1.807, 2.05) is 25.1 Å². The fourth-order valence-electron chi connectivity index (χ4n) is 2.53. The van der Waals surface area contributed by atoms with E-state index >= 15 is 0 Å². The van der Waals surface area contributed by atoms with Crippen molar-refractivity contribution in [3.8, 4) is 0 Å². The zero-order chi connectivity index (χ0) is 13.7. The van der Waals surface area contributed by atoms with Crippen LogP contribution in [-0.4, -0.2) is 17.4 Å². The van der Waals surface area contributed by atoms with E-state index in [9.17, 15) is 4.79 Å². The third-order valence-electron chi connectivity index (χ3n) is 3.63. The molecule has 1 aliphatic carbocycles. The quantitative estimate of drug-likeness (QED) is 0.811. The summed E-state index contributed by atoms with van der Waals surface area (Å²) < 4.78 is 0. The van der Waals surface area contributed by atoms with Crippen molar-refractivity contribution in [2.75, 3.05) is 22.6 Å². The van der Waals surface area contributed by atoms with Gasteiger partial charge < -0.3 is 11.1 Å². The van der Waals surface area contributed by atoms with Gasteiger partial charge in [0.15, 0.2) is 0 Å². The second-order valence-corrected chi connectivity index (χ2v) is 6.28. The largest absolute Gasteiger partial charge is 0.397 e. The Kier molecular flexibility index (Phi) is 5.14. The molecule has 0 aliphatic heterocycles. The molecule has 19 heavy (non-hydrogen) atoms. The van der Waals surface area contributed by atoms with Crippen molar-refractivity contribution in [1.29, 1.82) is 0 Å². The highest BCUT2D eigenvalue weighted by Gasteiger charge is 2.15. The van der Waals surface area contributed by atoms with E-state index in [1.54, 1.807) is 11.8 Å². The summed E-state index contributed by atoms with van der Waals surface area (Å²) in [7, 11) is 0. The number of hydrogen-bond acceptors (Lipinski definition) is 3. The Bertz CT molecular complexity index is 422. The van der Waals surface area contributed by atoms with Crippen LogP contribution in [0.15, 0.2) is 18.2 Å². The van der Waals surface area contributed by atoms with E-state index in [0.29, 0.717) is 11.4 Å². The monoisotopic (exact) mass is 278 g/mol. The number of aryl methyl sites for hydroxylation is 1. The number of carbonyl (C=O) groups excluding carboxylic acids is 1. The summed E-state index contributed by atoms with van der Waals surface area (Å²) in [5, 5.41) is 2.92. The smallest absolute Gasteiger partial charge is 0.234 e. The zero-order valence-corrected chi connectivity index (χ0v) is 12.3. The molecule has 0 spiro atoms. The Morgan fingerprint density at radius 2 is 2.16 bits per heavy atom. The lowest BCUT2D eigenvalue weighted by Gasteiger charge is -2.12. The van der Waals surface area contributed by atoms with E-state index in [2.05, 4.69) is 5.32 Å². The summed E-state index contributed by atoms with van der Waals surface area (Å²) in [4.78, 5) is 11.9. The second kappa shape index (κ2) is 6.85. The van der Waals surface area contributed by atoms with E-state index in [1.165, 1.54) is 25.7 Å². The third kappa shape index (κ3) is 4.16. The Hall–Kier alpha value is -1.16. The predicted octanol–water partition coefficient (Wildman–Crippen LogP) is 3.44. The minimum Gasteiger partial charge on any atom is -0.397 e. The van der Waals surface area contributed by atoms with E-state index in [0.717, 1.165) is 22.9 Å². The number of hydrogen-bond donors (Lipinski definition) is 2.